The van der Waals surface area contributed by atoms with E-state index in [1.165, 1.54) is 6.92 Å². The maximum absolute atomic E-state index is 12.6. The topological polar surface area (TPSA) is 301 Å². The number of nitrogens with one attached hydrogen (secondary N) is 3. The molecule has 0 radical (unpaired) electrons. The summed E-state index contributed by atoms with van der Waals surface area (Å²) in [5, 5.41) is 16.1. The van der Waals surface area contributed by atoms with Crippen molar-refractivity contribution < 1.29 is 33.9 Å². The molecule has 34 heavy (non-hydrogen) atoms. The number of carbonyl (C=O) groups is 6. The van der Waals surface area contributed by atoms with Crippen LogP contribution >= 0.6 is 0 Å². The second kappa shape index (κ2) is 15.0. The fourth-order valence-electron chi connectivity index (χ4n) is 2.56. The first-order valence-electron chi connectivity index (χ1n) is 10.3. The van der Waals surface area contributed by atoms with Crippen molar-refractivity contribution in [3.63, 3.8) is 0 Å². The van der Waals surface area contributed by atoms with E-state index >= 15 is 0 Å². The zero-order chi connectivity index (χ0) is 26.4. The Hall–Kier alpha value is -3.95. The number of primary amides is 2. The number of amides is 5. The van der Waals surface area contributed by atoms with Gasteiger partial charge in [0.25, 0.3) is 0 Å². The Kier molecular flexibility index (Phi) is 13.2. The van der Waals surface area contributed by atoms with Crippen LogP contribution in [0, 0.1) is 0 Å². The summed E-state index contributed by atoms with van der Waals surface area (Å²) < 4.78 is 0. The molecule has 0 fully saturated rings. The minimum Gasteiger partial charge on any atom is -0.480 e. The monoisotopic (exact) mass is 487 g/mol. The maximum atomic E-state index is 12.6. The molecule has 4 unspecified atom stereocenters. The number of hydrogen-bond donors (Lipinski definition) is 9. The van der Waals surface area contributed by atoms with Gasteiger partial charge in [-0.3, -0.25) is 29.0 Å². The van der Waals surface area contributed by atoms with E-state index < -0.39 is 66.1 Å². The van der Waals surface area contributed by atoms with Crippen LogP contribution in [0.2, 0.25) is 0 Å². The van der Waals surface area contributed by atoms with Gasteiger partial charge in [0.05, 0.1) is 12.5 Å². The molecule has 0 aromatic carbocycles. The minimum absolute atomic E-state index is 0.00391. The lowest BCUT2D eigenvalue weighted by Crippen LogP contribution is -2.56. The van der Waals surface area contributed by atoms with E-state index in [1.807, 2.05) is 0 Å². The number of nitrogens with two attached hydrogens (primary N) is 5. The summed E-state index contributed by atoms with van der Waals surface area (Å²) >= 11 is 0. The highest BCUT2D eigenvalue weighted by molar-refractivity contribution is 5.94. The highest BCUT2D eigenvalue weighted by Crippen LogP contribution is 2.03. The Balaban J connectivity index is 5.24. The molecule has 16 nitrogen and oxygen atoms in total. The van der Waals surface area contributed by atoms with Crippen molar-refractivity contribution in [1.29, 1.82) is 0 Å². The molecule has 16 heteroatoms. The second-order valence-corrected chi connectivity index (χ2v) is 7.42. The first-order valence-corrected chi connectivity index (χ1v) is 10.3. The normalized spacial score (nSPS) is 13.9. The van der Waals surface area contributed by atoms with E-state index in [1.54, 1.807) is 0 Å². The van der Waals surface area contributed by atoms with Crippen molar-refractivity contribution in [3.05, 3.63) is 0 Å². The van der Waals surface area contributed by atoms with Crippen LogP contribution in [-0.2, 0) is 28.8 Å². The first kappa shape index (κ1) is 30.1. The van der Waals surface area contributed by atoms with Gasteiger partial charge in [0, 0.05) is 13.0 Å². The molecular weight excluding hydrogens is 454 g/mol. The molecule has 0 aliphatic heterocycles. The third-order valence-corrected chi connectivity index (χ3v) is 4.39. The molecule has 0 bridgehead atoms. The summed E-state index contributed by atoms with van der Waals surface area (Å²) in [6.45, 7) is 1.45. The summed E-state index contributed by atoms with van der Waals surface area (Å²) in [5.41, 5.74) is 26.1. The van der Waals surface area contributed by atoms with Crippen LogP contribution in [0.3, 0.4) is 0 Å². The average molecular weight is 488 g/mol. The van der Waals surface area contributed by atoms with Gasteiger partial charge >= 0.3 is 5.97 Å². The van der Waals surface area contributed by atoms with Crippen molar-refractivity contribution in [1.82, 2.24) is 16.0 Å². The summed E-state index contributed by atoms with van der Waals surface area (Å²) in [6, 6.07) is -5.09. The van der Waals surface area contributed by atoms with Crippen LogP contribution in [0.4, 0.5) is 0 Å². The molecule has 0 saturated carbocycles. The molecule has 0 spiro atoms. The van der Waals surface area contributed by atoms with Gasteiger partial charge in [0.15, 0.2) is 5.96 Å². The van der Waals surface area contributed by atoms with Crippen LogP contribution in [0.25, 0.3) is 0 Å². The van der Waals surface area contributed by atoms with Gasteiger partial charge in [0.1, 0.15) is 18.1 Å². The van der Waals surface area contributed by atoms with E-state index in [0.29, 0.717) is 0 Å². The number of carboxylic acids is 1. The van der Waals surface area contributed by atoms with Gasteiger partial charge in [-0.2, -0.15) is 0 Å². The lowest BCUT2D eigenvalue weighted by molar-refractivity contribution is -0.143. The van der Waals surface area contributed by atoms with E-state index in [0.717, 1.165) is 0 Å². The van der Waals surface area contributed by atoms with Gasteiger partial charge in [-0.25, -0.2) is 4.79 Å². The summed E-state index contributed by atoms with van der Waals surface area (Å²) in [4.78, 5) is 74.2. The molecule has 14 N–H and O–H groups in total. The Bertz CT molecular complexity index is 799. The molecule has 0 saturated heterocycles. The fraction of sp³-hybridized carbons (Fsp3) is 0.611. The molecule has 0 aliphatic rings. The molecule has 0 aliphatic carbocycles. The third kappa shape index (κ3) is 12.8. The summed E-state index contributed by atoms with van der Waals surface area (Å²) in [5.74, 6) is -5.66. The van der Waals surface area contributed by atoms with Crippen LogP contribution in [0.15, 0.2) is 4.99 Å². The molecule has 4 atom stereocenters. The van der Waals surface area contributed by atoms with Crippen molar-refractivity contribution in [2.75, 3.05) is 6.54 Å². The zero-order valence-corrected chi connectivity index (χ0v) is 18.8. The molecule has 0 heterocycles. The molecular formula is C18H33N9O7. The number of carboxylic acid groups (broad SMARTS) is 1. The van der Waals surface area contributed by atoms with Crippen LogP contribution < -0.4 is 44.6 Å². The SMILES string of the molecule is CC(NC(=O)C(N)CCC(N)=O)C(=O)NC(CCCN=C(N)N)C(=O)NC(CC(N)=O)C(=O)O. The Morgan fingerprint density at radius 2 is 1.41 bits per heavy atom. The Labute approximate surface area is 195 Å². The highest BCUT2D eigenvalue weighted by Gasteiger charge is 2.29. The van der Waals surface area contributed by atoms with Gasteiger partial charge in [-0.15, -0.1) is 0 Å². The average Bonchev–Trinajstić information content (AvgIpc) is 2.72. The van der Waals surface area contributed by atoms with Crippen LogP contribution in [0.1, 0.15) is 39.0 Å². The number of aliphatic imine (C=N–C) groups is 1. The third-order valence-electron chi connectivity index (χ3n) is 4.39. The molecule has 192 valence electrons. The number of rotatable bonds is 16. The van der Waals surface area contributed by atoms with Gasteiger partial charge in [-0.1, -0.05) is 0 Å². The smallest absolute Gasteiger partial charge is 0.326 e. The predicted molar refractivity (Wildman–Crippen MR) is 119 cm³/mol. The van der Waals surface area contributed by atoms with E-state index in [-0.39, 0.29) is 38.2 Å². The number of nitrogens with zero attached hydrogens (tertiary/aromatic N) is 1. The number of guanidine groups is 1. The molecule has 0 aromatic heterocycles. The first-order chi connectivity index (χ1) is 15.7. The van der Waals surface area contributed by atoms with Gasteiger partial charge in [-0.05, 0) is 26.2 Å². The quantitative estimate of drug-likeness (QED) is 0.0567. The number of hydrogen-bond acceptors (Lipinski definition) is 8. The maximum Gasteiger partial charge on any atom is 0.326 e. The van der Waals surface area contributed by atoms with Gasteiger partial charge in [0.2, 0.25) is 29.5 Å². The largest absolute Gasteiger partial charge is 0.480 e. The lowest BCUT2D eigenvalue weighted by atomic mass is 10.1. The van der Waals surface area contributed by atoms with Crippen LogP contribution in [-0.4, -0.2) is 77.3 Å². The summed E-state index contributed by atoms with van der Waals surface area (Å²) in [6.07, 6.45) is -0.588. The number of aliphatic carboxylic acids is 1. The van der Waals surface area contributed by atoms with Crippen LogP contribution in [0.5, 0.6) is 0 Å². The van der Waals surface area contributed by atoms with Crippen molar-refractivity contribution in [2.45, 2.75) is 63.2 Å². The molecule has 0 aromatic rings. The van der Waals surface area contributed by atoms with Crippen molar-refractivity contribution in [2.24, 2.45) is 33.7 Å². The predicted octanol–water partition coefficient (Wildman–Crippen LogP) is -4.93. The van der Waals surface area contributed by atoms with Gasteiger partial charge < -0.3 is 49.7 Å². The van der Waals surface area contributed by atoms with Crippen molar-refractivity contribution >= 4 is 41.5 Å². The minimum atomic E-state index is -1.61. The molecule has 5 amide bonds. The zero-order valence-electron chi connectivity index (χ0n) is 18.8. The Morgan fingerprint density at radius 1 is 0.824 bits per heavy atom. The standard InChI is InChI=1S/C18H33N9O7/c1-8(25-15(31)9(19)4-5-12(20)28)14(30)26-10(3-2-6-24-18(22)23)16(32)27-11(17(33)34)7-13(21)29/h8-11H,2-7,19H2,1H3,(H2,20,28)(H2,21,29)(H,25,31)(H,26,30)(H,27,32)(H,33,34)(H4,22,23,24). The fourth-order valence-corrected chi connectivity index (χ4v) is 2.56. The number of carbonyl (C=O) groups excluding carboxylic acids is 5. The second-order valence-electron chi connectivity index (χ2n) is 7.42. The van der Waals surface area contributed by atoms with Crippen molar-refractivity contribution in [3.8, 4) is 0 Å². The Morgan fingerprint density at radius 3 is 1.91 bits per heavy atom. The molecule has 0 rings (SSSR count). The van der Waals surface area contributed by atoms with E-state index in [2.05, 4.69) is 20.9 Å². The van der Waals surface area contributed by atoms with E-state index in [9.17, 15) is 33.9 Å². The van der Waals surface area contributed by atoms with E-state index in [4.69, 9.17) is 28.7 Å². The lowest BCUT2D eigenvalue weighted by Gasteiger charge is -2.23. The highest BCUT2D eigenvalue weighted by atomic mass is 16.4. The summed E-state index contributed by atoms with van der Waals surface area (Å²) in [7, 11) is 0.